The minimum atomic E-state index is -3.95. The first-order valence-electron chi connectivity index (χ1n) is 13.4. The van der Waals surface area contributed by atoms with Crippen LogP contribution < -0.4 is 19.1 Å². The molecule has 0 aromatic heterocycles. The van der Waals surface area contributed by atoms with Gasteiger partial charge in [0.05, 0.1) is 17.7 Å². The first kappa shape index (κ1) is 30.8. The molecule has 9 heteroatoms. The van der Waals surface area contributed by atoms with Gasteiger partial charge in [-0.2, -0.15) is 0 Å². The predicted molar refractivity (Wildman–Crippen MR) is 158 cm³/mol. The number of carbonyl (C=O) groups excluding carboxylic acids is 1. The van der Waals surface area contributed by atoms with Gasteiger partial charge in [0.2, 0.25) is 0 Å². The fourth-order valence-corrected chi connectivity index (χ4v) is 6.06. The van der Waals surface area contributed by atoms with Crippen molar-refractivity contribution in [2.24, 2.45) is 11.8 Å². The van der Waals surface area contributed by atoms with Gasteiger partial charge < -0.3 is 19.9 Å². The molecule has 0 spiro atoms. The minimum absolute atomic E-state index is 0.0101. The van der Waals surface area contributed by atoms with Crippen LogP contribution in [-0.2, 0) is 21.2 Å². The molecule has 0 bridgehead atoms. The molecule has 1 amide bonds. The summed E-state index contributed by atoms with van der Waals surface area (Å²) in [5, 5.41) is 14.1. The zero-order valence-electron chi connectivity index (χ0n) is 24.1. The molecule has 8 nitrogen and oxygen atoms in total. The highest BCUT2D eigenvalue weighted by atomic mass is 32.2. The molecule has 0 aliphatic heterocycles. The highest BCUT2D eigenvalue weighted by molar-refractivity contribution is 7.92. The van der Waals surface area contributed by atoms with E-state index in [1.54, 1.807) is 30.3 Å². The third kappa shape index (κ3) is 7.69. The van der Waals surface area contributed by atoms with Crippen LogP contribution in [-0.4, -0.2) is 46.2 Å². The van der Waals surface area contributed by atoms with Gasteiger partial charge in [0.25, 0.3) is 15.9 Å². The summed E-state index contributed by atoms with van der Waals surface area (Å²) < 4.78 is 39.5. The maximum atomic E-state index is 13.7. The standard InChI is InChI=1S/C31H40N2O6S/c1-21(2)19-33(40(36,37)27-15-13-26(38-6)14-16-27)28-12-8-11-25(30(28)35)17-22(3)18-32-29(34)20-39-31-23(4)9-7-10-24(31)5/h7-16,21-22,35H,17-20H2,1-6H3,(H,32,34)/t22-/m1/s1. The largest absolute Gasteiger partial charge is 0.505 e. The average Bonchev–Trinajstić information content (AvgIpc) is 2.91. The van der Waals surface area contributed by atoms with Crippen molar-refractivity contribution in [1.29, 1.82) is 0 Å². The molecule has 0 aliphatic carbocycles. The van der Waals surface area contributed by atoms with Gasteiger partial charge in [-0.1, -0.05) is 51.1 Å². The lowest BCUT2D eigenvalue weighted by atomic mass is 9.99. The van der Waals surface area contributed by atoms with E-state index >= 15 is 0 Å². The number of sulfonamides is 1. The molecule has 1 atom stereocenters. The molecular weight excluding hydrogens is 528 g/mol. The zero-order valence-corrected chi connectivity index (χ0v) is 24.9. The number of ether oxygens (including phenoxy) is 2. The lowest BCUT2D eigenvalue weighted by Crippen LogP contribution is -2.34. The summed E-state index contributed by atoms with van der Waals surface area (Å²) in [4.78, 5) is 12.5. The number of nitrogens with zero attached hydrogens (tertiary/aromatic N) is 1. The van der Waals surface area contributed by atoms with Crippen molar-refractivity contribution in [3.63, 3.8) is 0 Å². The van der Waals surface area contributed by atoms with Gasteiger partial charge in [-0.15, -0.1) is 0 Å². The molecular formula is C31H40N2O6S. The van der Waals surface area contributed by atoms with Crippen LogP contribution in [0.4, 0.5) is 5.69 Å². The van der Waals surface area contributed by atoms with Gasteiger partial charge in [-0.3, -0.25) is 9.10 Å². The molecule has 0 fully saturated rings. The van der Waals surface area contributed by atoms with Crippen LogP contribution in [0.25, 0.3) is 0 Å². The Morgan fingerprint density at radius 3 is 2.20 bits per heavy atom. The Hall–Kier alpha value is -3.72. The zero-order chi connectivity index (χ0) is 29.4. The topological polar surface area (TPSA) is 105 Å². The van der Waals surface area contributed by atoms with Crippen LogP contribution in [0, 0.1) is 25.7 Å². The first-order valence-corrected chi connectivity index (χ1v) is 14.8. The number of carbonyl (C=O) groups is 1. The number of benzene rings is 3. The molecule has 0 heterocycles. The fraction of sp³-hybridized carbons (Fsp3) is 0.387. The maximum absolute atomic E-state index is 13.7. The van der Waals surface area contributed by atoms with Gasteiger partial charge in [0.15, 0.2) is 6.61 Å². The van der Waals surface area contributed by atoms with E-state index in [9.17, 15) is 18.3 Å². The predicted octanol–water partition coefficient (Wildman–Crippen LogP) is 5.24. The first-order chi connectivity index (χ1) is 18.9. The summed E-state index contributed by atoms with van der Waals surface area (Å²) in [5.41, 5.74) is 2.76. The number of amides is 1. The number of phenols is 1. The monoisotopic (exact) mass is 568 g/mol. The van der Waals surface area contributed by atoms with Gasteiger partial charge in [0.1, 0.15) is 17.2 Å². The molecule has 3 aromatic carbocycles. The Morgan fingerprint density at radius 1 is 0.975 bits per heavy atom. The molecule has 0 saturated carbocycles. The highest BCUT2D eigenvalue weighted by Crippen LogP contribution is 2.36. The van der Waals surface area contributed by atoms with Gasteiger partial charge >= 0.3 is 0 Å². The Labute approximate surface area is 238 Å². The number of hydrogen-bond donors (Lipinski definition) is 2. The molecule has 0 radical (unpaired) electrons. The molecule has 3 rings (SSSR count). The van der Waals surface area contributed by atoms with E-state index in [1.807, 2.05) is 52.8 Å². The van der Waals surface area contributed by atoms with Crippen molar-refractivity contribution >= 4 is 21.6 Å². The molecule has 2 N–H and O–H groups in total. The second-order valence-electron chi connectivity index (χ2n) is 10.5. The lowest BCUT2D eigenvalue weighted by molar-refractivity contribution is -0.123. The molecule has 0 unspecified atom stereocenters. The summed E-state index contributed by atoms with van der Waals surface area (Å²) in [6, 6.07) is 17.1. The number of methoxy groups -OCH3 is 1. The van der Waals surface area contributed by atoms with Crippen LogP contribution in [0.3, 0.4) is 0 Å². The molecule has 0 saturated heterocycles. The highest BCUT2D eigenvalue weighted by Gasteiger charge is 2.29. The van der Waals surface area contributed by atoms with Crippen LogP contribution in [0.1, 0.15) is 37.5 Å². The van der Waals surface area contributed by atoms with E-state index in [1.165, 1.54) is 23.5 Å². The summed E-state index contributed by atoms with van der Waals surface area (Å²) >= 11 is 0. The van der Waals surface area contributed by atoms with E-state index in [-0.39, 0.29) is 47.2 Å². The average molecular weight is 569 g/mol. The number of hydrogen-bond acceptors (Lipinski definition) is 6. The number of aryl methyl sites for hydroxylation is 2. The Balaban J connectivity index is 1.71. The number of para-hydroxylation sites is 2. The third-order valence-electron chi connectivity index (χ3n) is 6.52. The minimum Gasteiger partial charge on any atom is -0.505 e. The van der Waals surface area contributed by atoms with E-state index in [0.29, 0.717) is 30.0 Å². The smallest absolute Gasteiger partial charge is 0.264 e. The van der Waals surface area contributed by atoms with Crippen LogP contribution >= 0.6 is 0 Å². The third-order valence-corrected chi connectivity index (χ3v) is 8.31. The number of aromatic hydroxyl groups is 1. The molecule has 40 heavy (non-hydrogen) atoms. The van der Waals surface area contributed by atoms with Crippen molar-refractivity contribution < 1.29 is 27.8 Å². The van der Waals surface area contributed by atoms with Crippen LogP contribution in [0.2, 0.25) is 0 Å². The van der Waals surface area contributed by atoms with Crippen molar-refractivity contribution in [2.75, 3.05) is 31.1 Å². The number of anilines is 1. The Kier molecular flexibility index (Phi) is 10.5. The van der Waals surface area contributed by atoms with E-state index in [4.69, 9.17) is 9.47 Å². The summed E-state index contributed by atoms with van der Waals surface area (Å²) in [6.45, 7) is 10.2. The Morgan fingerprint density at radius 2 is 1.60 bits per heavy atom. The SMILES string of the molecule is COc1ccc(S(=O)(=O)N(CC(C)C)c2cccc(C[C@@H](C)CNC(=O)COc3c(C)cccc3C)c2O)cc1. The van der Waals surface area contributed by atoms with Crippen molar-refractivity contribution in [3.8, 4) is 17.2 Å². The number of rotatable bonds is 13. The normalized spacial score (nSPS) is 12.2. The Bertz CT molecular complexity index is 1380. The summed E-state index contributed by atoms with van der Waals surface area (Å²) in [7, 11) is -2.43. The fourth-order valence-electron chi connectivity index (χ4n) is 4.43. The second-order valence-corrected chi connectivity index (χ2v) is 12.4. The van der Waals surface area contributed by atoms with Gasteiger partial charge in [-0.25, -0.2) is 8.42 Å². The van der Waals surface area contributed by atoms with Gasteiger partial charge in [-0.05, 0) is 79.1 Å². The van der Waals surface area contributed by atoms with Crippen molar-refractivity contribution in [1.82, 2.24) is 5.32 Å². The van der Waals surface area contributed by atoms with Crippen LogP contribution in [0.15, 0.2) is 65.6 Å². The van der Waals surface area contributed by atoms with Crippen molar-refractivity contribution in [3.05, 3.63) is 77.4 Å². The molecule has 3 aromatic rings. The lowest BCUT2D eigenvalue weighted by Gasteiger charge is -2.28. The van der Waals surface area contributed by atoms with E-state index in [0.717, 1.165) is 11.1 Å². The molecule has 0 aliphatic rings. The summed E-state index contributed by atoms with van der Waals surface area (Å²) in [6.07, 6.45) is 0.440. The number of nitrogens with one attached hydrogen (secondary N) is 1. The van der Waals surface area contributed by atoms with E-state index in [2.05, 4.69) is 5.32 Å². The van der Waals surface area contributed by atoms with Crippen LogP contribution in [0.5, 0.6) is 17.2 Å². The number of phenolic OH excluding ortho intramolecular Hbond substituents is 1. The molecule has 216 valence electrons. The van der Waals surface area contributed by atoms with Gasteiger partial charge in [0, 0.05) is 13.1 Å². The second kappa shape index (κ2) is 13.6. The van der Waals surface area contributed by atoms with Crippen molar-refractivity contribution in [2.45, 2.75) is 45.9 Å². The summed E-state index contributed by atoms with van der Waals surface area (Å²) in [5.74, 6) is 0.927. The van der Waals surface area contributed by atoms with E-state index < -0.39 is 10.0 Å². The maximum Gasteiger partial charge on any atom is 0.264 e. The quantitative estimate of drug-likeness (QED) is 0.292.